The molecule has 4 nitrogen and oxygen atoms in total. The Morgan fingerprint density at radius 3 is 2.45 bits per heavy atom. The molecule has 3 N–H and O–H groups in total. The van der Waals surface area contributed by atoms with Crippen LogP contribution in [0.15, 0.2) is 17.0 Å². The number of nitrogens with one attached hydrogen (secondary N) is 1. The van der Waals surface area contributed by atoms with Gasteiger partial charge < -0.3 is 5.73 Å². The van der Waals surface area contributed by atoms with Crippen molar-refractivity contribution in [1.29, 1.82) is 0 Å². The third-order valence-corrected chi connectivity index (χ3v) is 4.45. The third kappa shape index (κ3) is 4.84. The smallest absolute Gasteiger partial charge is 0.389 e. The second-order valence-corrected chi connectivity index (χ2v) is 6.40. The van der Waals surface area contributed by atoms with Crippen molar-refractivity contribution in [3.8, 4) is 0 Å². The maximum absolute atomic E-state index is 11.9. The van der Waals surface area contributed by atoms with Crippen LogP contribution in [-0.4, -0.2) is 21.1 Å². The van der Waals surface area contributed by atoms with E-state index in [0.717, 1.165) is 0 Å². The summed E-state index contributed by atoms with van der Waals surface area (Å²) < 4.78 is 61.7. The van der Waals surface area contributed by atoms with Gasteiger partial charge >= 0.3 is 6.18 Å². The molecule has 9 heteroatoms. The maximum atomic E-state index is 11.9. The fourth-order valence-electron chi connectivity index (χ4n) is 1.50. The van der Waals surface area contributed by atoms with Crippen LogP contribution in [-0.2, 0) is 10.0 Å². The Bertz CT molecular complexity index is 565. The fraction of sp³-hybridized carbons (Fsp3) is 0.455. The molecule has 0 aromatic heterocycles. The first-order valence-electron chi connectivity index (χ1n) is 5.65. The Kier molecular flexibility index (Phi) is 5.28. The van der Waals surface area contributed by atoms with Gasteiger partial charge in [-0.25, -0.2) is 13.1 Å². The zero-order valence-electron chi connectivity index (χ0n) is 10.6. The number of benzene rings is 1. The topological polar surface area (TPSA) is 72.2 Å². The molecule has 1 rings (SSSR count). The zero-order valence-corrected chi connectivity index (χ0v) is 12.2. The highest BCUT2D eigenvalue weighted by Gasteiger charge is 2.26. The van der Waals surface area contributed by atoms with Gasteiger partial charge in [-0.15, -0.1) is 0 Å². The van der Waals surface area contributed by atoms with Crippen molar-refractivity contribution < 1.29 is 21.6 Å². The predicted octanol–water partition coefficient (Wildman–Crippen LogP) is 2.85. The minimum atomic E-state index is -4.30. The predicted molar refractivity (Wildman–Crippen MR) is 71.1 cm³/mol. The summed E-state index contributed by atoms with van der Waals surface area (Å²) in [4.78, 5) is -0.121. The lowest BCUT2D eigenvalue weighted by atomic mass is 10.2. The highest BCUT2D eigenvalue weighted by atomic mass is 35.5. The molecule has 0 aliphatic carbocycles. The lowest BCUT2D eigenvalue weighted by Crippen LogP contribution is -2.26. The number of nitrogen functional groups attached to an aromatic ring is 1. The quantitative estimate of drug-likeness (QED) is 0.644. The van der Waals surface area contributed by atoms with E-state index >= 15 is 0 Å². The van der Waals surface area contributed by atoms with Crippen molar-refractivity contribution in [2.45, 2.75) is 30.8 Å². The number of halogens is 4. The first-order valence-corrected chi connectivity index (χ1v) is 7.51. The van der Waals surface area contributed by atoms with Crippen molar-refractivity contribution in [3.05, 3.63) is 22.7 Å². The number of hydrogen-bond acceptors (Lipinski definition) is 3. The van der Waals surface area contributed by atoms with E-state index in [9.17, 15) is 21.6 Å². The molecule has 0 amide bonds. The van der Waals surface area contributed by atoms with E-state index in [4.69, 9.17) is 17.3 Å². The average molecular weight is 331 g/mol. The lowest BCUT2D eigenvalue weighted by Gasteiger charge is -2.10. The SMILES string of the molecule is Cc1cc(S(=O)(=O)NCCCC(F)(F)F)cc(N)c1Cl. The van der Waals surface area contributed by atoms with Crippen LogP contribution in [0.5, 0.6) is 0 Å². The molecular weight excluding hydrogens is 317 g/mol. The van der Waals surface area contributed by atoms with Crippen LogP contribution in [0.3, 0.4) is 0 Å². The molecule has 0 saturated heterocycles. The molecule has 0 spiro atoms. The molecule has 0 aliphatic heterocycles. The highest BCUT2D eigenvalue weighted by molar-refractivity contribution is 7.89. The van der Waals surface area contributed by atoms with E-state index in [1.54, 1.807) is 6.92 Å². The van der Waals surface area contributed by atoms with Gasteiger partial charge in [0.2, 0.25) is 10.0 Å². The summed E-state index contributed by atoms with van der Waals surface area (Å²) in [5, 5.41) is 0.251. The van der Waals surface area contributed by atoms with E-state index in [1.807, 2.05) is 0 Å². The van der Waals surface area contributed by atoms with Crippen LogP contribution in [0.2, 0.25) is 5.02 Å². The molecule has 0 heterocycles. The first-order chi connectivity index (χ1) is 9.03. The Morgan fingerprint density at radius 2 is 1.95 bits per heavy atom. The third-order valence-electron chi connectivity index (χ3n) is 2.50. The standard InChI is InChI=1S/C11H14ClF3N2O2S/c1-7-5-8(6-9(16)10(7)12)20(18,19)17-4-2-3-11(13,14)15/h5-6,17H,2-4,16H2,1H3. The minimum Gasteiger partial charge on any atom is -0.397 e. The van der Waals surface area contributed by atoms with Crippen LogP contribution >= 0.6 is 11.6 Å². The fourth-order valence-corrected chi connectivity index (χ4v) is 2.80. The molecule has 0 bridgehead atoms. The summed E-state index contributed by atoms with van der Waals surface area (Å²) in [5.41, 5.74) is 6.13. The molecular formula is C11H14ClF3N2O2S. The van der Waals surface area contributed by atoms with Gasteiger partial charge in [0.1, 0.15) is 0 Å². The van der Waals surface area contributed by atoms with Crippen molar-refractivity contribution in [3.63, 3.8) is 0 Å². The van der Waals surface area contributed by atoms with Gasteiger partial charge in [0.05, 0.1) is 15.6 Å². The van der Waals surface area contributed by atoms with Crippen LogP contribution < -0.4 is 10.5 Å². The van der Waals surface area contributed by atoms with Crippen LogP contribution in [0, 0.1) is 6.92 Å². The molecule has 0 saturated carbocycles. The summed E-state index contributed by atoms with van der Waals surface area (Å²) in [7, 11) is -3.90. The molecule has 0 unspecified atom stereocenters. The molecule has 0 radical (unpaired) electrons. The first kappa shape index (κ1) is 17.1. The number of sulfonamides is 1. The minimum absolute atomic E-state index is 0.0994. The summed E-state index contributed by atoms with van der Waals surface area (Å²) in [6, 6.07) is 2.48. The van der Waals surface area contributed by atoms with Gasteiger partial charge in [-0.3, -0.25) is 0 Å². The summed E-state index contributed by atoms with van der Waals surface area (Å²) in [6.07, 6.45) is -5.67. The number of hydrogen-bond donors (Lipinski definition) is 2. The second-order valence-electron chi connectivity index (χ2n) is 4.26. The van der Waals surface area contributed by atoms with E-state index in [-0.39, 0.29) is 28.6 Å². The van der Waals surface area contributed by atoms with E-state index in [2.05, 4.69) is 4.72 Å². The normalized spacial score (nSPS) is 12.7. The Balaban J connectivity index is 2.75. The summed E-state index contributed by atoms with van der Waals surface area (Å²) in [5.74, 6) is 0. The zero-order chi connectivity index (χ0) is 15.6. The van der Waals surface area contributed by atoms with Crippen molar-refractivity contribution in [1.82, 2.24) is 4.72 Å². The van der Waals surface area contributed by atoms with E-state index in [0.29, 0.717) is 5.56 Å². The molecule has 1 aromatic rings. The largest absolute Gasteiger partial charge is 0.397 e. The molecule has 114 valence electrons. The van der Waals surface area contributed by atoms with Crippen molar-refractivity contribution in [2.24, 2.45) is 0 Å². The maximum Gasteiger partial charge on any atom is 0.389 e. The molecule has 0 atom stereocenters. The summed E-state index contributed by atoms with van der Waals surface area (Å²) in [6.45, 7) is 1.28. The number of rotatable bonds is 5. The van der Waals surface area contributed by atoms with Gasteiger partial charge in [-0.2, -0.15) is 13.2 Å². The number of anilines is 1. The number of nitrogens with two attached hydrogens (primary N) is 1. The van der Waals surface area contributed by atoms with Gasteiger partial charge in [0, 0.05) is 13.0 Å². The van der Waals surface area contributed by atoms with Crippen LogP contribution in [0.1, 0.15) is 18.4 Å². The second kappa shape index (κ2) is 6.19. The Labute approximate surface area is 120 Å². The highest BCUT2D eigenvalue weighted by Crippen LogP contribution is 2.27. The monoisotopic (exact) mass is 330 g/mol. The van der Waals surface area contributed by atoms with E-state index in [1.165, 1.54) is 12.1 Å². The van der Waals surface area contributed by atoms with Crippen LogP contribution in [0.4, 0.5) is 18.9 Å². The van der Waals surface area contributed by atoms with Gasteiger partial charge in [-0.05, 0) is 31.0 Å². The van der Waals surface area contributed by atoms with Crippen molar-refractivity contribution >= 4 is 27.3 Å². The average Bonchev–Trinajstić information content (AvgIpc) is 2.30. The Hall–Kier alpha value is -0.990. The molecule has 1 aromatic carbocycles. The van der Waals surface area contributed by atoms with Gasteiger partial charge in [-0.1, -0.05) is 11.6 Å². The number of alkyl halides is 3. The molecule has 0 fully saturated rings. The van der Waals surface area contributed by atoms with Gasteiger partial charge in [0.15, 0.2) is 0 Å². The summed E-state index contributed by atoms with van der Waals surface area (Å²) >= 11 is 5.81. The molecule has 0 aliphatic rings. The Morgan fingerprint density at radius 1 is 1.35 bits per heavy atom. The lowest BCUT2D eigenvalue weighted by molar-refractivity contribution is -0.135. The molecule has 20 heavy (non-hydrogen) atoms. The van der Waals surface area contributed by atoms with Gasteiger partial charge in [0.25, 0.3) is 0 Å². The van der Waals surface area contributed by atoms with Crippen molar-refractivity contribution in [2.75, 3.05) is 12.3 Å². The van der Waals surface area contributed by atoms with E-state index < -0.39 is 22.6 Å². The number of aryl methyl sites for hydroxylation is 1. The van der Waals surface area contributed by atoms with Crippen LogP contribution in [0.25, 0.3) is 0 Å².